The van der Waals surface area contributed by atoms with Crippen molar-refractivity contribution in [2.75, 3.05) is 18.4 Å². The average molecular weight is 448 g/mol. The van der Waals surface area contributed by atoms with E-state index in [1.54, 1.807) is 39.0 Å². The lowest BCUT2D eigenvalue weighted by Crippen LogP contribution is -2.41. The van der Waals surface area contributed by atoms with Crippen molar-refractivity contribution < 1.29 is 18.7 Å². The van der Waals surface area contributed by atoms with E-state index < -0.39 is 23.0 Å². The highest BCUT2D eigenvalue weighted by Gasteiger charge is 2.47. The van der Waals surface area contributed by atoms with Crippen molar-refractivity contribution in [2.24, 2.45) is 10.4 Å². The number of nitriles is 1. The second kappa shape index (κ2) is 8.32. The Hall–Kier alpha value is -3.73. The number of nitrogens with one attached hydrogen (secondary N) is 1. The first-order chi connectivity index (χ1) is 15.6. The van der Waals surface area contributed by atoms with Crippen LogP contribution in [0.15, 0.2) is 47.5 Å². The molecule has 170 valence electrons. The van der Waals surface area contributed by atoms with Gasteiger partial charge in [-0.2, -0.15) is 5.26 Å². The third-order valence-electron chi connectivity index (χ3n) is 5.72. The summed E-state index contributed by atoms with van der Waals surface area (Å²) >= 11 is 0. The van der Waals surface area contributed by atoms with E-state index in [0.717, 1.165) is 22.4 Å². The van der Waals surface area contributed by atoms with Crippen molar-refractivity contribution in [2.45, 2.75) is 39.3 Å². The summed E-state index contributed by atoms with van der Waals surface area (Å²) in [6, 6.07) is 13.7. The molecule has 2 aromatic rings. The number of ether oxygens (including phenoxy) is 1. The van der Waals surface area contributed by atoms with Gasteiger partial charge in [0, 0.05) is 23.4 Å². The first-order valence-electron chi connectivity index (χ1n) is 10.7. The normalized spacial score (nSPS) is 19.5. The zero-order valence-electron chi connectivity index (χ0n) is 18.8. The van der Waals surface area contributed by atoms with E-state index >= 15 is 0 Å². The predicted molar refractivity (Wildman–Crippen MR) is 121 cm³/mol. The minimum absolute atomic E-state index is 0.0303. The second-order valence-corrected chi connectivity index (χ2v) is 9.34. The lowest BCUT2D eigenvalue weighted by atomic mass is 9.87. The molecule has 0 aliphatic carbocycles. The number of carbonyl (C=O) groups excluding carboxylic acids is 2. The zero-order chi connectivity index (χ0) is 23.8. The molecule has 1 fully saturated rings. The molecule has 2 aliphatic rings. The summed E-state index contributed by atoms with van der Waals surface area (Å²) in [5.74, 6) is -0.786. The molecule has 0 bridgehead atoms. The van der Waals surface area contributed by atoms with Crippen LogP contribution in [0.5, 0.6) is 0 Å². The molecule has 0 aromatic heterocycles. The summed E-state index contributed by atoms with van der Waals surface area (Å²) in [4.78, 5) is 31.5. The van der Waals surface area contributed by atoms with E-state index in [4.69, 9.17) is 4.74 Å². The maximum Gasteiger partial charge on any atom is 0.410 e. The number of nitrogens with zero attached hydrogens (tertiary/aromatic N) is 3. The van der Waals surface area contributed by atoms with Gasteiger partial charge in [-0.25, -0.2) is 9.18 Å². The number of rotatable bonds is 3. The molecule has 1 N–H and O–H groups in total. The van der Waals surface area contributed by atoms with Crippen LogP contribution < -0.4 is 5.32 Å². The van der Waals surface area contributed by atoms with Crippen molar-refractivity contribution in [1.82, 2.24) is 4.90 Å². The fourth-order valence-electron chi connectivity index (χ4n) is 3.99. The van der Waals surface area contributed by atoms with Crippen molar-refractivity contribution in [3.05, 3.63) is 65.0 Å². The first kappa shape index (κ1) is 22.5. The molecule has 0 spiro atoms. The minimum Gasteiger partial charge on any atom is -0.444 e. The van der Waals surface area contributed by atoms with Crippen molar-refractivity contribution >= 4 is 23.4 Å². The van der Waals surface area contributed by atoms with Crippen LogP contribution in [0, 0.1) is 22.6 Å². The number of hydrogen-bond donors (Lipinski definition) is 1. The van der Waals surface area contributed by atoms with E-state index in [2.05, 4.69) is 16.4 Å². The summed E-state index contributed by atoms with van der Waals surface area (Å²) in [7, 11) is 0. The molecular formula is C25H25FN4O3. The number of benzene rings is 2. The Kier molecular flexibility index (Phi) is 5.66. The molecule has 1 saturated heterocycles. The summed E-state index contributed by atoms with van der Waals surface area (Å²) < 4.78 is 18.7. The topological polar surface area (TPSA) is 94.8 Å². The molecule has 0 saturated carbocycles. The van der Waals surface area contributed by atoms with Gasteiger partial charge >= 0.3 is 6.09 Å². The Balaban J connectivity index is 1.50. The van der Waals surface area contributed by atoms with Crippen molar-refractivity contribution in [3.8, 4) is 6.07 Å². The zero-order valence-corrected chi connectivity index (χ0v) is 18.8. The fourth-order valence-corrected chi connectivity index (χ4v) is 3.99. The SMILES string of the molecule is CC(C)(C)OC(=O)N1CCC(C#N)(C(=O)Nc2ccc3c(c2)C(c2ccc(F)cc2)=NC3)C1. The van der Waals surface area contributed by atoms with Gasteiger partial charge in [-0.1, -0.05) is 6.07 Å². The molecule has 1 unspecified atom stereocenters. The van der Waals surface area contributed by atoms with Crippen molar-refractivity contribution in [3.63, 3.8) is 0 Å². The third-order valence-corrected chi connectivity index (χ3v) is 5.72. The summed E-state index contributed by atoms with van der Waals surface area (Å²) in [6.45, 7) is 6.04. The van der Waals surface area contributed by atoms with E-state index in [0.29, 0.717) is 12.2 Å². The highest BCUT2D eigenvalue weighted by atomic mass is 19.1. The molecule has 2 aromatic carbocycles. The first-order valence-corrected chi connectivity index (χ1v) is 10.7. The molecule has 2 amide bonds. The molecule has 2 aliphatic heterocycles. The maximum absolute atomic E-state index is 13.3. The van der Waals surface area contributed by atoms with Gasteiger partial charge in [0.25, 0.3) is 0 Å². The Bertz CT molecular complexity index is 1180. The van der Waals surface area contributed by atoms with Crippen LogP contribution in [0.25, 0.3) is 0 Å². The molecule has 7 nitrogen and oxygen atoms in total. The third kappa shape index (κ3) is 4.58. The second-order valence-electron chi connectivity index (χ2n) is 9.34. The van der Waals surface area contributed by atoms with Crippen LogP contribution in [0.2, 0.25) is 0 Å². The predicted octanol–water partition coefficient (Wildman–Crippen LogP) is 4.27. The number of fused-ring (bicyclic) bond motifs is 1. The molecular weight excluding hydrogens is 423 g/mol. The van der Waals surface area contributed by atoms with E-state index in [1.165, 1.54) is 17.0 Å². The monoisotopic (exact) mass is 448 g/mol. The van der Waals surface area contributed by atoms with Gasteiger partial charge < -0.3 is 15.0 Å². The number of amides is 2. The van der Waals surface area contributed by atoms with Crippen LogP contribution >= 0.6 is 0 Å². The highest BCUT2D eigenvalue weighted by Crippen LogP contribution is 2.33. The average Bonchev–Trinajstić information content (AvgIpc) is 3.38. The molecule has 2 heterocycles. The molecule has 0 radical (unpaired) electrons. The number of aliphatic imine (C=N–C) groups is 1. The molecule has 8 heteroatoms. The summed E-state index contributed by atoms with van der Waals surface area (Å²) in [5.41, 5.74) is 1.88. The van der Waals surface area contributed by atoms with E-state index in [9.17, 15) is 19.2 Å². The van der Waals surface area contributed by atoms with Gasteiger partial charge in [0.1, 0.15) is 11.4 Å². The maximum atomic E-state index is 13.3. The standard InChI is InChI=1S/C25H25FN4O3/c1-24(2,3)33-23(32)30-11-10-25(14-27,15-30)22(31)29-19-9-6-17-13-28-21(20(17)12-19)16-4-7-18(26)8-5-16/h4-9,12H,10-11,13,15H2,1-3H3,(H,29,31). The van der Waals surface area contributed by atoms with Crippen molar-refractivity contribution in [1.29, 1.82) is 5.26 Å². The highest BCUT2D eigenvalue weighted by molar-refractivity contribution is 6.15. The van der Waals surface area contributed by atoms with Gasteiger partial charge in [-0.3, -0.25) is 9.79 Å². The quantitative estimate of drug-likeness (QED) is 0.759. The Morgan fingerprint density at radius 3 is 2.61 bits per heavy atom. The van der Waals surface area contributed by atoms with Gasteiger partial charge in [-0.15, -0.1) is 0 Å². The fraction of sp³-hybridized carbons (Fsp3) is 0.360. The smallest absolute Gasteiger partial charge is 0.410 e. The molecule has 4 rings (SSSR count). The minimum atomic E-state index is -1.36. The Morgan fingerprint density at radius 2 is 1.94 bits per heavy atom. The van der Waals surface area contributed by atoms with Crippen LogP contribution in [-0.2, 0) is 16.1 Å². The molecule has 1 atom stereocenters. The van der Waals surface area contributed by atoms with Crippen LogP contribution in [0.4, 0.5) is 14.9 Å². The van der Waals surface area contributed by atoms with E-state index in [-0.39, 0.29) is 25.3 Å². The number of hydrogen-bond acceptors (Lipinski definition) is 5. The Morgan fingerprint density at radius 1 is 1.21 bits per heavy atom. The van der Waals surface area contributed by atoms with Gasteiger partial charge in [-0.05, 0) is 69.2 Å². The lowest BCUT2D eigenvalue weighted by molar-refractivity contribution is -0.122. The lowest BCUT2D eigenvalue weighted by Gasteiger charge is -2.25. The number of anilines is 1. The summed E-state index contributed by atoms with van der Waals surface area (Å²) in [5, 5.41) is 12.7. The number of carbonyl (C=O) groups is 2. The van der Waals surface area contributed by atoms with Crippen LogP contribution in [0.3, 0.4) is 0 Å². The van der Waals surface area contributed by atoms with Crippen LogP contribution in [-0.4, -0.2) is 41.3 Å². The number of likely N-dealkylation sites (tertiary alicyclic amines) is 1. The summed E-state index contributed by atoms with van der Waals surface area (Å²) in [6.07, 6.45) is -0.313. The van der Waals surface area contributed by atoms with Gasteiger partial charge in [0.15, 0.2) is 5.41 Å². The number of halogens is 1. The Labute approximate surface area is 191 Å². The molecule has 33 heavy (non-hydrogen) atoms. The van der Waals surface area contributed by atoms with Crippen LogP contribution in [0.1, 0.15) is 43.9 Å². The van der Waals surface area contributed by atoms with Gasteiger partial charge in [0.2, 0.25) is 5.91 Å². The van der Waals surface area contributed by atoms with Gasteiger partial charge in [0.05, 0.1) is 24.9 Å². The largest absolute Gasteiger partial charge is 0.444 e. The van der Waals surface area contributed by atoms with E-state index in [1.807, 2.05) is 12.1 Å².